The quantitative estimate of drug-likeness (QED) is 0.648. The van der Waals surface area contributed by atoms with Crippen LogP contribution in [0.25, 0.3) is 11.0 Å². The van der Waals surface area contributed by atoms with Gasteiger partial charge in [-0.1, -0.05) is 24.3 Å². The zero-order chi connectivity index (χ0) is 20.0. The maximum absolute atomic E-state index is 13.2. The minimum atomic E-state index is -0.481. The Kier molecular flexibility index (Phi) is 4.36. The fourth-order valence-corrected chi connectivity index (χ4v) is 4.65. The van der Waals surface area contributed by atoms with Gasteiger partial charge in [-0.05, 0) is 42.2 Å². The molecule has 2 aliphatic rings. The number of carbonyl (C=O) groups is 1. The third-order valence-corrected chi connectivity index (χ3v) is 6.06. The SMILES string of the molecule is O=C(C[NH+]1CCc2ccccc2C1)N1CCCc2c1c(=O)oc1ccc(O)cc21. The topological polar surface area (TPSA) is 75.2 Å². The Balaban J connectivity index is 1.45. The van der Waals surface area contributed by atoms with Crippen molar-refractivity contribution in [3.05, 3.63) is 69.6 Å². The molecule has 1 amide bonds. The van der Waals surface area contributed by atoms with Gasteiger partial charge in [0.2, 0.25) is 0 Å². The maximum atomic E-state index is 13.2. The van der Waals surface area contributed by atoms with E-state index in [0.717, 1.165) is 31.5 Å². The van der Waals surface area contributed by atoms with Crippen LogP contribution in [0.2, 0.25) is 0 Å². The number of aryl methyl sites for hydroxylation is 1. The zero-order valence-corrected chi connectivity index (χ0v) is 16.1. The largest absolute Gasteiger partial charge is 0.508 e. The fraction of sp³-hybridized carbons (Fsp3) is 0.304. The molecule has 2 aromatic carbocycles. The Hall–Kier alpha value is -3.12. The van der Waals surface area contributed by atoms with E-state index in [0.29, 0.717) is 36.2 Å². The molecule has 1 aromatic heterocycles. The number of quaternary nitrogens is 1. The number of carbonyl (C=O) groups excluding carboxylic acids is 1. The van der Waals surface area contributed by atoms with Crippen molar-refractivity contribution in [2.75, 3.05) is 24.5 Å². The molecule has 29 heavy (non-hydrogen) atoms. The van der Waals surface area contributed by atoms with Gasteiger partial charge in [-0.2, -0.15) is 0 Å². The molecule has 1 atom stereocenters. The Labute approximate surface area is 168 Å². The Morgan fingerprint density at radius 3 is 2.83 bits per heavy atom. The lowest BCUT2D eigenvalue weighted by Crippen LogP contribution is -3.13. The fourth-order valence-electron chi connectivity index (χ4n) is 4.65. The third-order valence-electron chi connectivity index (χ3n) is 6.06. The van der Waals surface area contributed by atoms with Gasteiger partial charge in [0, 0.05) is 23.9 Å². The van der Waals surface area contributed by atoms with Crippen LogP contribution in [0, 0.1) is 0 Å². The molecule has 148 valence electrons. The number of nitrogens with zero attached hydrogens (tertiary/aromatic N) is 1. The van der Waals surface area contributed by atoms with E-state index in [2.05, 4.69) is 18.2 Å². The first-order valence-corrected chi connectivity index (χ1v) is 10.1. The summed E-state index contributed by atoms with van der Waals surface area (Å²) >= 11 is 0. The molecule has 5 rings (SSSR count). The number of benzene rings is 2. The normalized spacial score (nSPS) is 18.3. The summed E-state index contributed by atoms with van der Waals surface area (Å²) in [7, 11) is 0. The molecule has 0 bridgehead atoms. The second kappa shape index (κ2) is 7.04. The lowest BCUT2D eigenvalue weighted by Gasteiger charge is -2.31. The second-order valence-corrected chi connectivity index (χ2v) is 7.92. The number of rotatable bonds is 2. The average molecular weight is 391 g/mol. The molecule has 0 aliphatic carbocycles. The molecule has 3 aromatic rings. The summed E-state index contributed by atoms with van der Waals surface area (Å²) in [5.74, 6) is 0.0700. The van der Waals surface area contributed by atoms with E-state index in [1.165, 1.54) is 22.1 Å². The summed E-state index contributed by atoms with van der Waals surface area (Å²) in [5.41, 5.74) is 3.76. The van der Waals surface area contributed by atoms with Crippen LogP contribution in [0.4, 0.5) is 5.69 Å². The van der Waals surface area contributed by atoms with Gasteiger partial charge in [0.05, 0.1) is 6.54 Å². The lowest BCUT2D eigenvalue weighted by molar-refractivity contribution is -0.907. The first-order valence-electron chi connectivity index (χ1n) is 10.1. The standard InChI is InChI=1S/C23H22N2O4/c26-17-7-8-20-19(12-17)18-6-3-10-25(22(18)23(28)29-20)21(27)14-24-11-9-15-4-1-2-5-16(15)13-24/h1-2,4-5,7-8,12,26H,3,6,9-11,13-14H2/p+1. The number of phenols is 1. The third kappa shape index (κ3) is 3.19. The van der Waals surface area contributed by atoms with Crippen molar-refractivity contribution in [3.63, 3.8) is 0 Å². The molecular weight excluding hydrogens is 368 g/mol. The van der Waals surface area contributed by atoms with Crippen LogP contribution in [0.3, 0.4) is 0 Å². The zero-order valence-electron chi connectivity index (χ0n) is 16.1. The van der Waals surface area contributed by atoms with Crippen LogP contribution >= 0.6 is 0 Å². The minimum absolute atomic E-state index is 0.0489. The van der Waals surface area contributed by atoms with Gasteiger partial charge in [0.25, 0.3) is 5.91 Å². The molecule has 2 N–H and O–H groups in total. The van der Waals surface area contributed by atoms with Crippen LogP contribution in [0.15, 0.2) is 51.7 Å². The monoisotopic (exact) mass is 391 g/mol. The molecule has 0 fully saturated rings. The van der Waals surface area contributed by atoms with Crippen molar-refractivity contribution in [2.24, 2.45) is 0 Å². The number of hydrogen-bond acceptors (Lipinski definition) is 4. The van der Waals surface area contributed by atoms with Crippen molar-refractivity contribution in [1.29, 1.82) is 0 Å². The highest BCUT2D eigenvalue weighted by Gasteiger charge is 2.31. The predicted molar refractivity (Wildman–Crippen MR) is 109 cm³/mol. The Morgan fingerprint density at radius 2 is 1.97 bits per heavy atom. The molecular formula is C23H23N2O4+. The summed E-state index contributed by atoms with van der Waals surface area (Å²) in [6, 6.07) is 13.1. The van der Waals surface area contributed by atoms with Crippen molar-refractivity contribution in [2.45, 2.75) is 25.8 Å². The molecule has 0 saturated carbocycles. The first-order chi connectivity index (χ1) is 14.1. The second-order valence-electron chi connectivity index (χ2n) is 7.92. The van der Waals surface area contributed by atoms with E-state index in [4.69, 9.17) is 4.42 Å². The summed E-state index contributed by atoms with van der Waals surface area (Å²) in [6.45, 7) is 2.60. The van der Waals surface area contributed by atoms with E-state index < -0.39 is 5.63 Å². The Morgan fingerprint density at radius 1 is 1.14 bits per heavy atom. The van der Waals surface area contributed by atoms with Crippen LogP contribution in [0.1, 0.15) is 23.1 Å². The van der Waals surface area contributed by atoms with Gasteiger partial charge in [-0.3, -0.25) is 4.79 Å². The van der Waals surface area contributed by atoms with Crippen molar-refractivity contribution in [1.82, 2.24) is 0 Å². The van der Waals surface area contributed by atoms with Crippen LogP contribution in [-0.2, 0) is 24.2 Å². The van der Waals surface area contributed by atoms with Gasteiger partial charge in [0.1, 0.15) is 23.6 Å². The number of phenolic OH excluding ortho intramolecular Hbond substituents is 1. The van der Waals surface area contributed by atoms with Gasteiger partial charge in [-0.25, -0.2) is 4.79 Å². The van der Waals surface area contributed by atoms with E-state index in [-0.39, 0.29) is 11.7 Å². The number of fused-ring (bicyclic) bond motifs is 4. The molecule has 6 heteroatoms. The number of nitrogens with one attached hydrogen (secondary N) is 1. The summed E-state index contributed by atoms with van der Waals surface area (Å²) in [6.07, 6.45) is 2.43. The molecule has 3 heterocycles. The van der Waals surface area contributed by atoms with Gasteiger partial charge >= 0.3 is 5.63 Å². The van der Waals surface area contributed by atoms with E-state index in [1.807, 2.05) is 6.07 Å². The average Bonchev–Trinajstić information content (AvgIpc) is 2.74. The summed E-state index contributed by atoms with van der Waals surface area (Å²) < 4.78 is 5.46. The molecule has 1 unspecified atom stereocenters. The van der Waals surface area contributed by atoms with Gasteiger partial charge in [-0.15, -0.1) is 0 Å². The number of amides is 1. The maximum Gasteiger partial charge on any atom is 0.360 e. The summed E-state index contributed by atoms with van der Waals surface area (Å²) in [4.78, 5) is 28.7. The highest BCUT2D eigenvalue weighted by molar-refractivity contribution is 5.98. The lowest BCUT2D eigenvalue weighted by atomic mass is 9.98. The van der Waals surface area contributed by atoms with E-state index in [9.17, 15) is 14.7 Å². The van der Waals surface area contributed by atoms with Crippen LogP contribution < -0.4 is 15.4 Å². The van der Waals surface area contributed by atoms with Crippen LogP contribution in [-0.4, -0.2) is 30.6 Å². The predicted octanol–water partition coefficient (Wildman–Crippen LogP) is 1.42. The number of hydrogen-bond donors (Lipinski definition) is 2. The van der Waals surface area contributed by atoms with E-state index >= 15 is 0 Å². The number of aromatic hydroxyl groups is 1. The first kappa shape index (κ1) is 17.9. The van der Waals surface area contributed by atoms with Crippen molar-refractivity contribution >= 4 is 22.6 Å². The minimum Gasteiger partial charge on any atom is -0.508 e. The molecule has 2 aliphatic heterocycles. The van der Waals surface area contributed by atoms with Crippen molar-refractivity contribution < 1.29 is 19.2 Å². The molecule has 0 saturated heterocycles. The molecule has 6 nitrogen and oxygen atoms in total. The Bertz CT molecular complexity index is 1170. The molecule has 0 radical (unpaired) electrons. The molecule has 0 spiro atoms. The van der Waals surface area contributed by atoms with Crippen molar-refractivity contribution in [3.8, 4) is 5.75 Å². The highest BCUT2D eigenvalue weighted by Crippen LogP contribution is 2.32. The number of anilines is 1. The van der Waals surface area contributed by atoms with E-state index in [1.54, 1.807) is 17.0 Å². The smallest absolute Gasteiger partial charge is 0.360 e. The highest BCUT2D eigenvalue weighted by atomic mass is 16.4. The van der Waals surface area contributed by atoms with Gasteiger partial charge < -0.3 is 19.3 Å². The van der Waals surface area contributed by atoms with Crippen LogP contribution in [0.5, 0.6) is 5.75 Å². The summed E-state index contributed by atoms with van der Waals surface area (Å²) in [5, 5.41) is 10.6. The van der Waals surface area contributed by atoms with Gasteiger partial charge in [0.15, 0.2) is 6.54 Å².